The molecule has 0 radical (unpaired) electrons. The van der Waals surface area contributed by atoms with Crippen molar-refractivity contribution in [2.75, 3.05) is 12.4 Å². The van der Waals surface area contributed by atoms with Crippen LogP contribution in [0.2, 0.25) is 0 Å². The summed E-state index contributed by atoms with van der Waals surface area (Å²) in [6.45, 7) is 2.10. The molecule has 3 nitrogen and oxygen atoms in total. The quantitative estimate of drug-likeness (QED) is 0.817. The first-order valence-corrected chi connectivity index (χ1v) is 6.24. The van der Waals surface area contributed by atoms with Crippen molar-refractivity contribution >= 4 is 11.7 Å². The number of carbonyl (C=O) groups is 1. The third-order valence-electron chi connectivity index (χ3n) is 3.17. The average molecular weight is 251 g/mol. The van der Waals surface area contributed by atoms with Crippen molar-refractivity contribution in [2.24, 2.45) is 5.92 Å². The van der Waals surface area contributed by atoms with Crippen LogP contribution in [0.5, 0.6) is 0 Å². The maximum atomic E-state index is 13.4. The smallest absolute Gasteiger partial charge is 0.340 e. The number of halogens is 1. The minimum atomic E-state index is -0.647. The Labute approximate surface area is 106 Å². The van der Waals surface area contributed by atoms with Crippen LogP contribution < -0.4 is 5.32 Å². The fraction of sp³-hybridized carbons (Fsp3) is 0.500. The van der Waals surface area contributed by atoms with E-state index < -0.39 is 11.8 Å². The van der Waals surface area contributed by atoms with E-state index in [1.165, 1.54) is 32.1 Å². The lowest BCUT2D eigenvalue weighted by atomic mass is 10.1. The lowest BCUT2D eigenvalue weighted by molar-refractivity contribution is 0.0595. The van der Waals surface area contributed by atoms with Gasteiger partial charge in [0, 0.05) is 11.7 Å². The Hall–Kier alpha value is -1.58. The minimum Gasteiger partial charge on any atom is -0.465 e. The molecule has 0 aromatic heterocycles. The molecule has 98 valence electrons. The van der Waals surface area contributed by atoms with Crippen LogP contribution in [0.3, 0.4) is 0 Å². The first kappa shape index (κ1) is 12.9. The molecule has 0 aliphatic heterocycles. The zero-order chi connectivity index (χ0) is 13.1. The summed E-state index contributed by atoms with van der Waals surface area (Å²) in [6, 6.07) is 4.77. The number of hydrogen-bond donors (Lipinski definition) is 1. The van der Waals surface area contributed by atoms with E-state index in [0.29, 0.717) is 6.04 Å². The summed E-state index contributed by atoms with van der Waals surface area (Å²) in [4.78, 5) is 11.4. The number of carbonyl (C=O) groups excluding carboxylic acids is 1. The second kappa shape index (κ2) is 5.38. The fourth-order valence-corrected chi connectivity index (χ4v) is 2.08. The first-order valence-electron chi connectivity index (χ1n) is 6.24. The Kier molecular flexibility index (Phi) is 3.84. The molecular weight excluding hydrogens is 233 g/mol. The zero-order valence-electron chi connectivity index (χ0n) is 10.7. The molecule has 1 saturated carbocycles. The van der Waals surface area contributed by atoms with Gasteiger partial charge in [0.2, 0.25) is 0 Å². The summed E-state index contributed by atoms with van der Waals surface area (Å²) in [5.41, 5.74) is 0.728. The molecule has 18 heavy (non-hydrogen) atoms. The van der Waals surface area contributed by atoms with Crippen LogP contribution >= 0.6 is 0 Å². The van der Waals surface area contributed by atoms with Crippen LogP contribution in [0.1, 0.15) is 36.5 Å². The van der Waals surface area contributed by atoms with Crippen LogP contribution in [-0.2, 0) is 4.74 Å². The number of anilines is 1. The standard InChI is InChI=1S/C14H18FNO2/c1-9(7-10-3-4-10)16-11-5-6-13(15)12(8-11)14(17)18-2/h5-6,8-10,16H,3-4,7H2,1-2H3. The molecule has 0 saturated heterocycles. The molecule has 0 heterocycles. The molecule has 2 rings (SSSR count). The van der Waals surface area contributed by atoms with Gasteiger partial charge in [-0.2, -0.15) is 0 Å². The van der Waals surface area contributed by atoms with E-state index in [0.717, 1.165) is 18.0 Å². The maximum absolute atomic E-state index is 13.4. The highest BCUT2D eigenvalue weighted by molar-refractivity contribution is 5.90. The highest BCUT2D eigenvalue weighted by Gasteiger charge is 2.23. The Morgan fingerprint density at radius 3 is 2.89 bits per heavy atom. The van der Waals surface area contributed by atoms with E-state index in [4.69, 9.17) is 0 Å². The van der Waals surface area contributed by atoms with Gasteiger partial charge in [-0.15, -0.1) is 0 Å². The molecule has 0 spiro atoms. The molecular formula is C14H18FNO2. The summed E-state index contributed by atoms with van der Waals surface area (Å²) < 4.78 is 18.0. The second-order valence-corrected chi connectivity index (χ2v) is 4.91. The Balaban J connectivity index is 2.05. The number of methoxy groups -OCH3 is 1. The van der Waals surface area contributed by atoms with Crippen molar-refractivity contribution in [3.63, 3.8) is 0 Å². The lowest BCUT2D eigenvalue weighted by Crippen LogP contribution is -2.16. The van der Waals surface area contributed by atoms with Gasteiger partial charge < -0.3 is 10.1 Å². The predicted molar refractivity (Wildman–Crippen MR) is 68.2 cm³/mol. The average Bonchev–Trinajstić information content (AvgIpc) is 3.14. The van der Waals surface area contributed by atoms with Crippen LogP contribution in [0.25, 0.3) is 0 Å². The minimum absolute atomic E-state index is 0.0267. The zero-order valence-corrected chi connectivity index (χ0v) is 10.7. The SMILES string of the molecule is COC(=O)c1cc(NC(C)CC2CC2)ccc1F. The van der Waals surface area contributed by atoms with Gasteiger partial charge in [0.15, 0.2) is 0 Å². The Morgan fingerprint density at radius 1 is 1.56 bits per heavy atom. The largest absolute Gasteiger partial charge is 0.465 e. The van der Waals surface area contributed by atoms with Crippen LogP contribution in [-0.4, -0.2) is 19.1 Å². The third kappa shape index (κ3) is 3.22. The van der Waals surface area contributed by atoms with E-state index in [9.17, 15) is 9.18 Å². The van der Waals surface area contributed by atoms with Crippen molar-refractivity contribution < 1.29 is 13.9 Å². The highest BCUT2D eigenvalue weighted by Crippen LogP contribution is 2.34. The van der Waals surface area contributed by atoms with Gasteiger partial charge in [-0.25, -0.2) is 9.18 Å². The number of nitrogens with one attached hydrogen (secondary N) is 1. The van der Waals surface area contributed by atoms with Gasteiger partial charge in [-0.05, 0) is 37.5 Å². The van der Waals surface area contributed by atoms with Crippen molar-refractivity contribution in [1.82, 2.24) is 0 Å². The molecule has 1 aromatic carbocycles. The van der Waals surface area contributed by atoms with Crippen molar-refractivity contribution in [3.05, 3.63) is 29.6 Å². The summed E-state index contributed by atoms with van der Waals surface area (Å²) >= 11 is 0. The van der Waals surface area contributed by atoms with Crippen molar-refractivity contribution in [3.8, 4) is 0 Å². The molecule has 4 heteroatoms. The molecule has 1 atom stereocenters. The molecule has 1 aliphatic carbocycles. The first-order chi connectivity index (χ1) is 8.60. The third-order valence-corrected chi connectivity index (χ3v) is 3.17. The van der Waals surface area contributed by atoms with E-state index in [1.807, 2.05) is 0 Å². The van der Waals surface area contributed by atoms with Crippen molar-refractivity contribution in [1.29, 1.82) is 0 Å². The van der Waals surface area contributed by atoms with Crippen LogP contribution in [0, 0.1) is 11.7 Å². The topological polar surface area (TPSA) is 38.3 Å². The van der Waals surface area contributed by atoms with Gasteiger partial charge in [-0.3, -0.25) is 0 Å². The molecule has 1 aromatic rings. The van der Waals surface area contributed by atoms with Gasteiger partial charge in [0.25, 0.3) is 0 Å². The molecule has 0 bridgehead atoms. The number of ether oxygens (including phenoxy) is 1. The van der Waals surface area contributed by atoms with Gasteiger partial charge >= 0.3 is 5.97 Å². The number of benzene rings is 1. The molecule has 1 fully saturated rings. The summed E-state index contributed by atoms with van der Waals surface area (Å²) in [7, 11) is 1.25. The van der Waals surface area contributed by atoms with E-state index in [2.05, 4.69) is 17.0 Å². The normalized spacial score (nSPS) is 16.2. The van der Waals surface area contributed by atoms with E-state index in [-0.39, 0.29) is 5.56 Å². The number of hydrogen-bond acceptors (Lipinski definition) is 3. The molecule has 1 unspecified atom stereocenters. The molecule has 0 amide bonds. The van der Waals surface area contributed by atoms with E-state index in [1.54, 1.807) is 6.07 Å². The van der Waals surface area contributed by atoms with Gasteiger partial charge in [0.1, 0.15) is 5.82 Å². The highest BCUT2D eigenvalue weighted by atomic mass is 19.1. The Morgan fingerprint density at radius 2 is 2.28 bits per heavy atom. The Bertz CT molecular complexity index is 443. The summed E-state index contributed by atoms with van der Waals surface area (Å²) in [6.07, 6.45) is 3.73. The monoisotopic (exact) mass is 251 g/mol. The summed E-state index contributed by atoms with van der Waals surface area (Å²) in [5, 5.41) is 3.29. The van der Waals surface area contributed by atoms with Crippen LogP contribution in [0.4, 0.5) is 10.1 Å². The van der Waals surface area contributed by atoms with E-state index >= 15 is 0 Å². The lowest BCUT2D eigenvalue weighted by Gasteiger charge is -2.15. The molecule has 1 N–H and O–H groups in total. The van der Waals surface area contributed by atoms with Gasteiger partial charge in [0.05, 0.1) is 12.7 Å². The summed E-state index contributed by atoms with van der Waals surface area (Å²) in [5.74, 6) is -0.374. The second-order valence-electron chi connectivity index (χ2n) is 4.91. The van der Waals surface area contributed by atoms with Crippen molar-refractivity contribution in [2.45, 2.75) is 32.2 Å². The fourth-order valence-electron chi connectivity index (χ4n) is 2.08. The predicted octanol–water partition coefficient (Wildman–Crippen LogP) is 3.21. The van der Waals surface area contributed by atoms with Gasteiger partial charge in [-0.1, -0.05) is 12.8 Å². The maximum Gasteiger partial charge on any atom is 0.340 e. The molecule has 1 aliphatic rings. The number of esters is 1. The van der Waals surface area contributed by atoms with Crippen LogP contribution in [0.15, 0.2) is 18.2 Å². The number of rotatable bonds is 5.